The summed E-state index contributed by atoms with van der Waals surface area (Å²) < 4.78 is 18.0. The number of esters is 1. The SMILES string of the molecule is Cc1ccc(C(=O)OCC(=O)Nc2ccccc2C(=O)Nc2ccc(F)cc2)cc1. The van der Waals surface area contributed by atoms with Crippen molar-refractivity contribution in [1.29, 1.82) is 0 Å². The number of ether oxygens (including phenoxy) is 1. The molecule has 2 amide bonds. The van der Waals surface area contributed by atoms with Crippen LogP contribution in [0.5, 0.6) is 0 Å². The number of benzene rings is 3. The van der Waals surface area contributed by atoms with Crippen molar-refractivity contribution in [1.82, 2.24) is 0 Å². The molecule has 0 radical (unpaired) electrons. The highest BCUT2D eigenvalue weighted by atomic mass is 19.1. The van der Waals surface area contributed by atoms with E-state index in [1.54, 1.807) is 42.5 Å². The molecule has 0 aliphatic heterocycles. The molecule has 2 N–H and O–H groups in total. The maximum atomic E-state index is 13.0. The van der Waals surface area contributed by atoms with Crippen molar-refractivity contribution >= 4 is 29.2 Å². The number of nitrogens with one attached hydrogen (secondary N) is 2. The van der Waals surface area contributed by atoms with E-state index in [0.717, 1.165) is 5.56 Å². The molecule has 0 aliphatic rings. The Morgan fingerprint density at radius 1 is 0.867 bits per heavy atom. The van der Waals surface area contributed by atoms with Gasteiger partial charge in [0, 0.05) is 5.69 Å². The number of carbonyl (C=O) groups is 3. The van der Waals surface area contributed by atoms with Gasteiger partial charge in [-0.2, -0.15) is 0 Å². The Morgan fingerprint density at radius 2 is 1.53 bits per heavy atom. The molecule has 0 spiro atoms. The van der Waals surface area contributed by atoms with Crippen LogP contribution in [0.25, 0.3) is 0 Å². The second-order valence-corrected chi connectivity index (χ2v) is 6.50. The van der Waals surface area contributed by atoms with Crippen LogP contribution in [-0.2, 0) is 9.53 Å². The monoisotopic (exact) mass is 406 g/mol. The van der Waals surface area contributed by atoms with Crippen molar-refractivity contribution in [2.75, 3.05) is 17.2 Å². The molecule has 6 nitrogen and oxygen atoms in total. The van der Waals surface area contributed by atoms with Gasteiger partial charge in [-0.05, 0) is 55.5 Å². The first kappa shape index (κ1) is 20.7. The molecule has 7 heteroatoms. The zero-order valence-electron chi connectivity index (χ0n) is 16.1. The zero-order valence-corrected chi connectivity index (χ0v) is 16.1. The first-order valence-corrected chi connectivity index (χ1v) is 9.12. The minimum atomic E-state index is -0.618. The number of aryl methyl sites for hydroxylation is 1. The van der Waals surface area contributed by atoms with E-state index in [4.69, 9.17) is 4.74 Å². The summed E-state index contributed by atoms with van der Waals surface area (Å²) in [6.45, 7) is 1.40. The molecule has 0 saturated carbocycles. The number of amides is 2. The predicted molar refractivity (Wildman–Crippen MR) is 111 cm³/mol. The van der Waals surface area contributed by atoms with Gasteiger partial charge in [-0.25, -0.2) is 9.18 Å². The van der Waals surface area contributed by atoms with Crippen LogP contribution < -0.4 is 10.6 Å². The quantitative estimate of drug-likeness (QED) is 0.602. The van der Waals surface area contributed by atoms with Gasteiger partial charge in [0.25, 0.3) is 11.8 Å². The van der Waals surface area contributed by atoms with Crippen molar-refractivity contribution in [3.8, 4) is 0 Å². The third-order valence-corrected chi connectivity index (χ3v) is 4.17. The molecule has 0 aliphatic carbocycles. The number of hydrogen-bond donors (Lipinski definition) is 2. The van der Waals surface area contributed by atoms with Gasteiger partial charge < -0.3 is 15.4 Å². The zero-order chi connectivity index (χ0) is 21.5. The van der Waals surface area contributed by atoms with Gasteiger partial charge in [0.1, 0.15) is 5.82 Å². The highest BCUT2D eigenvalue weighted by Gasteiger charge is 2.15. The lowest BCUT2D eigenvalue weighted by molar-refractivity contribution is -0.119. The lowest BCUT2D eigenvalue weighted by Gasteiger charge is -2.12. The lowest BCUT2D eigenvalue weighted by Crippen LogP contribution is -2.23. The third-order valence-electron chi connectivity index (χ3n) is 4.17. The molecule has 3 aromatic carbocycles. The van der Waals surface area contributed by atoms with Crippen LogP contribution in [0.1, 0.15) is 26.3 Å². The Hall–Kier alpha value is -4.00. The summed E-state index contributed by atoms with van der Waals surface area (Å²) in [7, 11) is 0. The van der Waals surface area contributed by atoms with Crippen LogP contribution in [-0.4, -0.2) is 24.4 Å². The molecule has 0 heterocycles. The fourth-order valence-corrected chi connectivity index (χ4v) is 2.61. The summed E-state index contributed by atoms with van der Waals surface area (Å²) in [5, 5.41) is 5.20. The van der Waals surface area contributed by atoms with Gasteiger partial charge in [-0.1, -0.05) is 29.8 Å². The van der Waals surface area contributed by atoms with E-state index in [2.05, 4.69) is 10.6 Å². The Balaban J connectivity index is 1.61. The first-order chi connectivity index (χ1) is 14.4. The summed E-state index contributed by atoms with van der Waals surface area (Å²) in [5.74, 6) is -2.10. The molecular formula is C23H19FN2O4. The fourth-order valence-electron chi connectivity index (χ4n) is 2.61. The van der Waals surface area contributed by atoms with Crippen LogP contribution in [0.4, 0.5) is 15.8 Å². The highest BCUT2D eigenvalue weighted by Crippen LogP contribution is 2.18. The van der Waals surface area contributed by atoms with Gasteiger partial charge >= 0.3 is 5.97 Å². The number of anilines is 2. The Bertz CT molecular complexity index is 1060. The summed E-state index contributed by atoms with van der Waals surface area (Å²) in [5.41, 5.74) is 2.22. The molecule has 3 aromatic rings. The lowest BCUT2D eigenvalue weighted by atomic mass is 10.1. The largest absolute Gasteiger partial charge is 0.452 e. The molecule has 0 aromatic heterocycles. The molecule has 0 fully saturated rings. The fraction of sp³-hybridized carbons (Fsp3) is 0.0870. The van der Waals surface area contributed by atoms with Gasteiger partial charge in [-0.15, -0.1) is 0 Å². The number of rotatable bonds is 6. The Labute approximate surface area is 172 Å². The molecule has 0 unspecified atom stereocenters. The van der Waals surface area contributed by atoms with Crippen molar-refractivity contribution in [2.45, 2.75) is 6.92 Å². The van der Waals surface area contributed by atoms with Crippen molar-refractivity contribution in [3.05, 3.63) is 95.3 Å². The number of hydrogen-bond acceptors (Lipinski definition) is 4. The molecule has 0 saturated heterocycles. The third kappa shape index (κ3) is 5.51. The van der Waals surface area contributed by atoms with Crippen LogP contribution in [0.3, 0.4) is 0 Å². The minimum absolute atomic E-state index is 0.208. The number of carbonyl (C=O) groups excluding carboxylic acids is 3. The van der Waals surface area contributed by atoms with Gasteiger partial charge in [0.2, 0.25) is 0 Å². The molecule has 3 rings (SSSR count). The van der Waals surface area contributed by atoms with E-state index >= 15 is 0 Å². The molecular weight excluding hydrogens is 387 g/mol. The van der Waals surface area contributed by atoms with Gasteiger partial charge in [0.05, 0.1) is 16.8 Å². The van der Waals surface area contributed by atoms with Gasteiger partial charge in [-0.3, -0.25) is 9.59 Å². The van der Waals surface area contributed by atoms with Crippen LogP contribution >= 0.6 is 0 Å². The van der Waals surface area contributed by atoms with E-state index < -0.39 is 30.2 Å². The molecule has 0 atom stereocenters. The number of para-hydroxylation sites is 1. The van der Waals surface area contributed by atoms with Crippen LogP contribution in [0.15, 0.2) is 72.8 Å². The van der Waals surface area contributed by atoms with Gasteiger partial charge in [0.15, 0.2) is 6.61 Å². The van der Waals surface area contributed by atoms with Crippen molar-refractivity contribution < 1.29 is 23.5 Å². The standard InChI is InChI=1S/C23H19FN2O4/c1-15-6-8-16(9-7-15)23(29)30-14-21(27)26-20-5-3-2-4-19(20)22(28)25-18-12-10-17(24)11-13-18/h2-13H,14H2,1H3,(H,25,28)(H,26,27). The predicted octanol–water partition coefficient (Wildman–Crippen LogP) is 4.18. The average Bonchev–Trinajstić information content (AvgIpc) is 2.74. The molecule has 30 heavy (non-hydrogen) atoms. The van der Waals surface area contributed by atoms with Crippen molar-refractivity contribution in [2.24, 2.45) is 0 Å². The molecule has 152 valence electrons. The summed E-state index contributed by atoms with van der Waals surface area (Å²) in [6.07, 6.45) is 0. The normalized spacial score (nSPS) is 10.2. The summed E-state index contributed by atoms with van der Waals surface area (Å²) in [4.78, 5) is 36.8. The maximum absolute atomic E-state index is 13.0. The Morgan fingerprint density at radius 3 is 2.23 bits per heavy atom. The number of halogens is 1. The van der Waals surface area contributed by atoms with E-state index in [1.165, 1.54) is 30.3 Å². The van der Waals surface area contributed by atoms with Crippen LogP contribution in [0, 0.1) is 12.7 Å². The van der Waals surface area contributed by atoms with Crippen LogP contribution in [0.2, 0.25) is 0 Å². The topological polar surface area (TPSA) is 84.5 Å². The van der Waals surface area contributed by atoms with E-state index in [9.17, 15) is 18.8 Å². The molecule has 0 bridgehead atoms. The summed E-state index contributed by atoms with van der Waals surface area (Å²) in [6, 6.07) is 18.5. The van der Waals surface area contributed by atoms with Crippen molar-refractivity contribution in [3.63, 3.8) is 0 Å². The summed E-state index contributed by atoms with van der Waals surface area (Å²) >= 11 is 0. The second kappa shape index (κ2) is 9.47. The Kier molecular flexibility index (Phi) is 6.54. The minimum Gasteiger partial charge on any atom is -0.452 e. The second-order valence-electron chi connectivity index (χ2n) is 6.50. The first-order valence-electron chi connectivity index (χ1n) is 9.12. The maximum Gasteiger partial charge on any atom is 0.338 e. The van der Waals surface area contributed by atoms with E-state index in [1.807, 2.05) is 6.92 Å². The average molecular weight is 406 g/mol. The highest BCUT2D eigenvalue weighted by molar-refractivity contribution is 6.10. The van der Waals surface area contributed by atoms with E-state index in [-0.39, 0.29) is 11.3 Å². The smallest absolute Gasteiger partial charge is 0.338 e. The van der Waals surface area contributed by atoms with E-state index in [0.29, 0.717) is 11.3 Å².